The first kappa shape index (κ1) is 18.5. The van der Waals surface area contributed by atoms with Crippen LogP contribution in [-0.2, 0) is 16.1 Å². The predicted molar refractivity (Wildman–Crippen MR) is 103 cm³/mol. The molecule has 0 saturated heterocycles. The van der Waals surface area contributed by atoms with Crippen LogP contribution in [0.4, 0.5) is 4.79 Å². The summed E-state index contributed by atoms with van der Waals surface area (Å²) in [6.07, 6.45) is -1.20. The van der Waals surface area contributed by atoms with Crippen molar-refractivity contribution in [3.8, 4) is 5.75 Å². The highest BCUT2D eigenvalue weighted by Gasteiger charge is 2.75. The minimum Gasteiger partial charge on any atom is -0.465 e. The van der Waals surface area contributed by atoms with Crippen LogP contribution in [0.5, 0.6) is 5.75 Å². The molecule has 0 spiro atoms. The lowest BCUT2D eigenvalue weighted by Crippen LogP contribution is -2.62. The van der Waals surface area contributed by atoms with Gasteiger partial charge in [-0.2, -0.15) is 0 Å². The molecule has 0 bridgehead atoms. The lowest BCUT2D eigenvalue weighted by Gasteiger charge is -2.42. The third kappa shape index (κ3) is 1.96. The average molecular weight is 381 g/mol. The van der Waals surface area contributed by atoms with Gasteiger partial charge < -0.3 is 14.6 Å². The second kappa shape index (κ2) is 6.07. The number of likely N-dealkylation sites (N-methyl/N-ethyl adjacent to an activating group) is 1. The van der Waals surface area contributed by atoms with Crippen molar-refractivity contribution in [1.29, 1.82) is 0 Å². The molecule has 2 unspecified atom stereocenters. The summed E-state index contributed by atoms with van der Waals surface area (Å²) in [5.41, 5.74) is 0.896. The van der Waals surface area contributed by atoms with Gasteiger partial charge in [0, 0.05) is 30.3 Å². The second-order valence-electron chi connectivity index (χ2n) is 7.45. The number of nitrogens with zero attached hydrogens (tertiary/aromatic N) is 1. The summed E-state index contributed by atoms with van der Waals surface area (Å²) < 4.78 is 12.2. The van der Waals surface area contributed by atoms with E-state index in [2.05, 4.69) is 13.8 Å². The van der Waals surface area contributed by atoms with Gasteiger partial charge in [-0.25, -0.2) is 4.79 Å². The zero-order valence-electron chi connectivity index (χ0n) is 16.4. The topological polar surface area (TPSA) is 76.1 Å². The van der Waals surface area contributed by atoms with Crippen LogP contribution in [0.25, 0.3) is 0 Å². The molecule has 146 valence electrons. The van der Waals surface area contributed by atoms with Crippen LogP contribution in [0, 0.1) is 0 Å². The number of carboxylic acid groups (broad SMARTS) is 1. The van der Waals surface area contributed by atoms with Gasteiger partial charge in [0.2, 0.25) is 11.3 Å². The third-order valence-electron chi connectivity index (χ3n) is 5.89. The number of ketones is 1. The first-order valence-electron chi connectivity index (χ1n) is 9.38. The zero-order valence-corrected chi connectivity index (χ0v) is 16.4. The summed E-state index contributed by atoms with van der Waals surface area (Å²) in [4.78, 5) is 27.2. The monoisotopic (exact) mass is 381 g/mol. The van der Waals surface area contributed by atoms with Gasteiger partial charge in [0.1, 0.15) is 5.75 Å². The van der Waals surface area contributed by atoms with Crippen molar-refractivity contribution in [2.24, 2.45) is 0 Å². The maximum absolute atomic E-state index is 13.8. The molecule has 1 heterocycles. The number of benzene rings is 2. The molecule has 0 radical (unpaired) electrons. The van der Waals surface area contributed by atoms with Crippen molar-refractivity contribution in [3.05, 3.63) is 64.7 Å². The molecule has 1 N–H and O–H groups in total. The summed E-state index contributed by atoms with van der Waals surface area (Å²) in [6.45, 7) is 5.94. The van der Waals surface area contributed by atoms with Crippen LogP contribution in [0.2, 0.25) is 0 Å². The first-order chi connectivity index (χ1) is 13.3. The van der Waals surface area contributed by atoms with Crippen LogP contribution in [-0.4, -0.2) is 35.5 Å². The van der Waals surface area contributed by atoms with Crippen LogP contribution in [0.1, 0.15) is 53.7 Å². The molecule has 2 aliphatic rings. The van der Waals surface area contributed by atoms with Gasteiger partial charge in [0.15, 0.2) is 0 Å². The van der Waals surface area contributed by atoms with E-state index in [0.717, 1.165) is 10.5 Å². The Morgan fingerprint density at radius 2 is 1.93 bits per heavy atom. The number of rotatable bonds is 4. The largest absolute Gasteiger partial charge is 0.465 e. The average Bonchev–Trinajstić information content (AvgIpc) is 3.09. The SMILES string of the molecule is CCN(C(=O)O)C12C(=O)c3ccccc3C1(OC)Oc1cc(C(C)C)ccc12. The summed E-state index contributed by atoms with van der Waals surface area (Å²) >= 11 is 0. The van der Waals surface area contributed by atoms with Crippen molar-refractivity contribution in [2.75, 3.05) is 13.7 Å². The fraction of sp³-hybridized carbons (Fsp3) is 0.364. The van der Waals surface area contributed by atoms with Gasteiger partial charge in [-0.05, 0) is 24.5 Å². The van der Waals surface area contributed by atoms with E-state index >= 15 is 0 Å². The van der Waals surface area contributed by atoms with Crippen molar-refractivity contribution in [2.45, 2.75) is 38.0 Å². The molecule has 1 aliphatic carbocycles. The number of amides is 1. The van der Waals surface area contributed by atoms with Crippen molar-refractivity contribution < 1.29 is 24.2 Å². The minimum absolute atomic E-state index is 0.106. The number of hydrogen-bond donors (Lipinski definition) is 1. The highest BCUT2D eigenvalue weighted by molar-refractivity contribution is 6.11. The number of carbonyl (C=O) groups is 2. The van der Waals surface area contributed by atoms with Gasteiger partial charge in [-0.3, -0.25) is 9.69 Å². The lowest BCUT2D eigenvalue weighted by atomic mass is 9.80. The molecule has 2 atom stereocenters. The van der Waals surface area contributed by atoms with Crippen LogP contribution in [0.3, 0.4) is 0 Å². The molecule has 2 aromatic rings. The van der Waals surface area contributed by atoms with Gasteiger partial charge in [0.05, 0.1) is 0 Å². The molecule has 1 aliphatic heterocycles. The predicted octanol–water partition coefficient (Wildman–Crippen LogP) is 4.09. The maximum atomic E-state index is 13.8. The van der Waals surface area contributed by atoms with E-state index < -0.39 is 17.4 Å². The van der Waals surface area contributed by atoms with E-state index in [0.29, 0.717) is 22.4 Å². The Kier molecular flexibility index (Phi) is 4.01. The van der Waals surface area contributed by atoms with Crippen LogP contribution in [0.15, 0.2) is 42.5 Å². The molecule has 6 nitrogen and oxygen atoms in total. The molecular weight excluding hydrogens is 358 g/mol. The molecular formula is C22H23NO5. The van der Waals surface area contributed by atoms with Gasteiger partial charge in [-0.15, -0.1) is 0 Å². The van der Waals surface area contributed by atoms with Crippen LogP contribution < -0.4 is 4.74 Å². The van der Waals surface area contributed by atoms with Gasteiger partial charge in [0.25, 0.3) is 5.79 Å². The smallest absolute Gasteiger partial charge is 0.408 e. The highest BCUT2D eigenvalue weighted by Crippen LogP contribution is 2.62. The van der Waals surface area contributed by atoms with Crippen molar-refractivity contribution >= 4 is 11.9 Å². The number of ether oxygens (including phenoxy) is 2. The fourth-order valence-corrected chi connectivity index (χ4v) is 4.63. The molecule has 6 heteroatoms. The molecule has 2 aromatic carbocycles. The second-order valence-corrected chi connectivity index (χ2v) is 7.45. The van der Waals surface area contributed by atoms with Crippen molar-refractivity contribution in [1.82, 2.24) is 4.90 Å². The molecule has 0 aromatic heterocycles. The van der Waals surface area contributed by atoms with E-state index in [1.54, 1.807) is 37.3 Å². The van der Waals surface area contributed by atoms with E-state index in [9.17, 15) is 14.7 Å². The summed E-state index contributed by atoms with van der Waals surface area (Å²) in [6, 6.07) is 12.6. The standard InChI is InChI=1S/C22H23NO5/c1-5-23(20(25)26)21-17-11-10-14(13(2)3)12-18(17)28-22(21,27-4)16-9-7-6-8-15(16)19(21)24/h6-13H,5H2,1-4H3,(H,25,26). The molecule has 1 amide bonds. The quantitative estimate of drug-likeness (QED) is 0.863. The lowest BCUT2D eigenvalue weighted by molar-refractivity contribution is -0.216. The summed E-state index contributed by atoms with van der Waals surface area (Å²) in [5, 5.41) is 10.0. The Labute approximate surface area is 163 Å². The highest BCUT2D eigenvalue weighted by atomic mass is 16.7. The molecule has 0 saturated carbocycles. The van der Waals surface area contributed by atoms with E-state index in [4.69, 9.17) is 9.47 Å². The molecule has 0 fully saturated rings. The van der Waals surface area contributed by atoms with Crippen LogP contribution >= 0.6 is 0 Å². The Bertz CT molecular complexity index is 985. The number of fused-ring (bicyclic) bond motifs is 5. The minimum atomic E-state index is -1.63. The molecule has 28 heavy (non-hydrogen) atoms. The molecule has 4 rings (SSSR count). The van der Waals surface area contributed by atoms with E-state index in [1.165, 1.54) is 7.11 Å². The Morgan fingerprint density at radius 1 is 1.21 bits per heavy atom. The number of carbonyl (C=O) groups excluding carboxylic acids is 1. The Hall–Kier alpha value is -2.86. The first-order valence-corrected chi connectivity index (χ1v) is 9.38. The van der Waals surface area contributed by atoms with Gasteiger partial charge in [-0.1, -0.05) is 50.2 Å². The normalized spacial score (nSPS) is 24.5. The number of methoxy groups -OCH3 is 1. The van der Waals surface area contributed by atoms with Gasteiger partial charge >= 0.3 is 6.09 Å². The number of Topliss-reactive ketones (excluding diaryl/α,β-unsaturated/α-hetero) is 1. The zero-order chi connectivity index (χ0) is 20.3. The van der Waals surface area contributed by atoms with Crippen molar-refractivity contribution in [3.63, 3.8) is 0 Å². The van der Waals surface area contributed by atoms with E-state index in [-0.39, 0.29) is 18.2 Å². The van der Waals surface area contributed by atoms with E-state index in [1.807, 2.05) is 12.1 Å². The Balaban J connectivity index is 2.10. The third-order valence-corrected chi connectivity index (χ3v) is 5.89. The fourth-order valence-electron chi connectivity index (χ4n) is 4.63. The summed E-state index contributed by atoms with van der Waals surface area (Å²) in [7, 11) is 1.45. The Morgan fingerprint density at radius 3 is 2.54 bits per heavy atom. The number of hydrogen-bond acceptors (Lipinski definition) is 4. The maximum Gasteiger partial charge on any atom is 0.408 e. The summed E-state index contributed by atoms with van der Waals surface area (Å²) in [5.74, 6) is -1.15.